The second-order valence-electron chi connectivity index (χ2n) is 25.3. The number of amides is 1. The normalized spacial score (nSPS) is 13.0. The highest BCUT2D eigenvalue weighted by Gasteiger charge is 2.18. The number of nitrogens with one attached hydrogen (secondary N) is 1. The summed E-state index contributed by atoms with van der Waals surface area (Å²) in [6, 6.07) is -0.648. The summed E-state index contributed by atoms with van der Waals surface area (Å²) in [7, 11) is 0. The van der Waals surface area contributed by atoms with Gasteiger partial charge in [0.15, 0.2) is 0 Å². The summed E-state index contributed by atoms with van der Waals surface area (Å²) in [6.45, 7) is 4.33. The van der Waals surface area contributed by atoms with Crippen molar-refractivity contribution in [1.29, 1.82) is 0 Å². The van der Waals surface area contributed by atoms with Crippen LogP contribution in [0.15, 0.2) is 60.8 Å². The molecule has 0 saturated carbocycles. The van der Waals surface area contributed by atoms with Crippen LogP contribution >= 0.6 is 0 Å². The van der Waals surface area contributed by atoms with E-state index in [1.54, 1.807) is 6.08 Å². The average molecular weight is 1130 g/mol. The number of aliphatic hydroxyl groups is 2. The molecule has 0 spiro atoms. The van der Waals surface area contributed by atoms with Crippen molar-refractivity contribution in [2.75, 3.05) is 6.61 Å². The summed E-state index contributed by atoms with van der Waals surface area (Å²) < 4.78 is 0. The van der Waals surface area contributed by atoms with E-state index in [1.165, 1.54) is 340 Å². The number of unbranched alkanes of at least 4 members (excludes halogenated alkanes) is 54. The van der Waals surface area contributed by atoms with Crippen LogP contribution in [0.3, 0.4) is 0 Å². The molecule has 2 unspecified atom stereocenters. The summed E-state index contributed by atoms with van der Waals surface area (Å²) in [6.07, 6.45) is 103. The molecule has 4 nitrogen and oxygen atoms in total. The lowest BCUT2D eigenvalue weighted by molar-refractivity contribution is -0.123. The van der Waals surface area contributed by atoms with Crippen LogP contribution in [0.5, 0.6) is 0 Å². The fourth-order valence-corrected chi connectivity index (χ4v) is 11.6. The predicted octanol–water partition coefficient (Wildman–Crippen LogP) is 25.4. The van der Waals surface area contributed by atoms with Gasteiger partial charge in [-0.1, -0.05) is 383 Å². The zero-order chi connectivity index (χ0) is 58.4. The first-order chi connectivity index (χ1) is 40.2. The molecule has 0 aliphatic heterocycles. The second-order valence-corrected chi connectivity index (χ2v) is 25.3. The van der Waals surface area contributed by atoms with Gasteiger partial charge >= 0.3 is 0 Å². The zero-order valence-corrected chi connectivity index (χ0v) is 55.1. The van der Waals surface area contributed by atoms with Crippen molar-refractivity contribution < 1.29 is 15.0 Å². The Morgan fingerprint density at radius 1 is 0.296 bits per heavy atom. The predicted molar refractivity (Wildman–Crippen MR) is 364 cm³/mol. The minimum Gasteiger partial charge on any atom is -0.394 e. The number of aliphatic hydroxyl groups excluding tert-OH is 2. The molecule has 0 aromatic rings. The maximum atomic E-state index is 12.5. The van der Waals surface area contributed by atoms with Gasteiger partial charge in [0.1, 0.15) is 0 Å². The molecule has 0 saturated heterocycles. The van der Waals surface area contributed by atoms with Crippen LogP contribution in [0.1, 0.15) is 406 Å². The third-order valence-corrected chi connectivity index (χ3v) is 17.2. The molecule has 3 N–H and O–H groups in total. The van der Waals surface area contributed by atoms with Crippen LogP contribution in [0.4, 0.5) is 0 Å². The molecule has 0 aliphatic carbocycles. The molecular weight excluding hydrogens is 987 g/mol. The van der Waals surface area contributed by atoms with Gasteiger partial charge in [0.25, 0.3) is 0 Å². The average Bonchev–Trinajstić information content (AvgIpc) is 3.47. The van der Waals surface area contributed by atoms with Crippen LogP contribution in [0.25, 0.3) is 0 Å². The van der Waals surface area contributed by atoms with Gasteiger partial charge in [-0.15, -0.1) is 0 Å². The molecule has 2 atom stereocenters. The maximum absolute atomic E-state index is 12.5. The molecule has 0 heterocycles. The maximum Gasteiger partial charge on any atom is 0.220 e. The number of carbonyl (C=O) groups excluding carboxylic acids is 1. The second kappa shape index (κ2) is 72.3. The molecule has 4 heteroatoms. The van der Waals surface area contributed by atoms with E-state index in [9.17, 15) is 15.0 Å². The van der Waals surface area contributed by atoms with Crippen molar-refractivity contribution in [1.82, 2.24) is 5.32 Å². The van der Waals surface area contributed by atoms with E-state index in [1.807, 2.05) is 6.08 Å². The first-order valence-electron chi connectivity index (χ1n) is 37.0. The van der Waals surface area contributed by atoms with Gasteiger partial charge in [-0.25, -0.2) is 0 Å². The van der Waals surface area contributed by atoms with Crippen molar-refractivity contribution in [2.24, 2.45) is 0 Å². The van der Waals surface area contributed by atoms with Gasteiger partial charge in [-0.2, -0.15) is 0 Å². The van der Waals surface area contributed by atoms with Crippen LogP contribution in [-0.4, -0.2) is 34.9 Å². The molecule has 0 radical (unpaired) electrons. The monoisotopic (exact) mass is 1130 g/mol. The molecule has 0 rings (SSSR count). The fourth-order valence-electron chi connectivity index (χ4n) is 11.6. The summed E-state index contributed by atoms with van der Waals surface area (Å²) in [5.41, 5.74) is 0. The Kier molecular flexibility index (Phi) is 70.6. The van der Waals surface area contributed by atoms with Crippen molar-refractivity contribution >= 4 is 5.91 Å². The summed E-state index contributed by atoms with van der Waals surface area (Å²) in [5, 5.41) is 23.3. The topological polar surface area (TPSA) is 69.6 Å². The number of hydrogen-bond donors (Lipinski definition) is 3. The highest BCUT2D eigenvalue weighted by Crippen LogP contribution is 2.19. The minimum absolute atomic E-state index is 0.0706. The summed E-state index contributed by atoms with van der Waals surface area (Å²) in [4.78, 5) is 12.5. The van der Waals surface area contributed by atoms with Gasteiger partial charge in [0, 0.05) is 6.42 Å². The van der Waals surface area contributed by atoms with E-state index in [-0.39, 0.29) is 12.5 Å². The standard InChI is InChI=1S/C77H145NO3/c1-3-5-7-9-11-13-15-17-19-21-23-25-27-29-31-33-35-36-37-38-39-40-41-42-43-45-47-49-51-53-55-57-59-61-63-65-67-69-71-73-77(81)78-75(74-79)76(80)72-70-68-66-64-62-60-58-56-54-52-50-48-46-44-34-32-30-28-26-24-22-20-18-16-14-12-10-8-6-4-2/h15,17,21,23,54,56,62,64,70,72,75-76,79-80H,3-14,16,18-20,22,24-53,55,57-61,63,65-69,71,73-74H2,1-2H3,(H,78,81)/b17-15-,23-21-,56-54+,64-62+,72-70+. The van der Waals surface area contributed by atoms with E-state index >= 15 is 0 Å². The van der Waals surface area contributed by atoms with Crippen molar-refractivity contribution in [2.45, 2.75) is 418 Å². The molecule has 0 aromatic carbocycles. The molecule has 1 amide bonds. The number of rotatable bonds is 69. The largest absolute Gasteiger partial charge is 0.394 e. The molecule has 0 bridgehead atoms. The fraction of sp³-hybridized carbons (Fsp3) is 0.857. The molecular formula is C77H145NO3. The Labute approximate surface area is 508 Å². The highest BCUT2D eigenvalue weighted by atomic mass is 16.3. The minimum atomic E-state index is -0.872. The summed E-state index contributed by atoms with van der Waals surface area (Å²) in [5.74, 6) is -0.0706. The first kappa shape index (κ1) is 79.1. The Bertz CT molecular complexity index is 1330. The molecule has 81 heavy (non-hydrogen) atoms. The lowest BCUT2D eigenvalue weighted by Crippen LogP contribution is -2.45. The highest BCUT2D eigenvalue weighted by molar-refractivity contribution is 5.76. The SMILES string of the molecule is CCCCCCC/C=C\C/C=C\CCCCCCCCCCCCCCCCCCCCCCCCCCCCCC(=O)NC(CO)C(O)/C=C/CC/C=C/CC/C=C/CCCCCCCCCCCCCCCCCCCCCC. The summed E-state index contributed by atoms with van der Waals surface area (Å²) >= 11 is 0. The Balaban J connectivity index is 3.45. The van der Waals surface area contributed by atoms with E-state index in [0.717, 1.165) is 44.9 Å². The molecule has 476 valence electrons. The number of hydrogen-bond acceptors (Lipinski definition) is 3. The van der Waals surface area contributed by atoms with Gasteiger partial charge in [-0.3, -0.25) is 4.79 Å². The van der Waals surface area contributed by atoms with Gasteiger partial charge < -0.3 is 15.5 Å². The molecule has 0 aromatic heterocycles. The lowest BCUT2D eigenvalue weighted by atomic mass is 10.0. The smallest absolute Gasteiger partial charge is 0.220 e. The third-order valence-electron chi connectivity index (χ3n) is 17.2. The van der Waals surface area contributed by atoms with Crippen LogP contribution in [-0.2, 0) is 4.79 Å². The van der Waals surface area contributed by atoms with E-state index in [2.05, 4.69) is 67.8 Å². The Hall–Kier alpha value is -1.91. The van der Waals surface area contributed by atoms with Gasteiger partial charge in [-0.05, 0) is 77.0 Å². The van der Waals surface area contributed by atoms with E-state index in [4.69, 9.17) is 0 Å². The Morgan fingerprint density at radius 3 is 0.790 bits per heavy atom. The van der Waals surface area contributed by atoms with Gasteiger partial charge in [0.05, 0.1) is 18.8 Å². The van der Waals surface area contributed by atoms with Crippen molar-refractivity contribution in [3.8, 4) is 0 Å². The van der Waals surface area contributed by atoms with Gasteiger partial charge in [0.2, 0.25) is 5.91 Å². The van der Waals surface area contributed by atoms with Crippen LogP contribution in [0.2, 0.25) is 0 Å². The van der Waals surface area contributed by atoms with Crippen molar-refractivity contribution in [3.05, 3.63) is 60.8 Å². The Morgan fingerprint density at radius 2 is 0.519 bits per heavy atom. The molecule has 0 fully saturated rings. The lowest BCUT2D eigenvalue weighted by Gasteiger charge is -2.19. The van der Waals surface area contributed by atoms with E-state index < -0.39 is 12.1 Å². The van der Waals surface area contributed by atoms with Crippen LogP contribution in [0, 0.1) is 0 Å². The molecule has 0 aliphatic rings. The number of allylic oxidation sites excluding steroid dienone is 9. The van der Waals surface area contributed by atoms with Crippen LogP contribution < -0.4 is 5.32 Å². The quantitative estimate of drug-likeness (QED) is 0.0420. The first-order valence-corrected chi connectivity index (χ1v) is 37.0. The third kappa shape index (κ3) is 68.8. The number of carbonyl (C=O) groups is 1. The zero-order valence-electron chi connectivity index (χ0n) is 55.1. The van der Waals surface area contributed by atoms with Crippen molar-refractivity contribution in [3.63, 3.8) is 0 Å². The van der Waals surface area contributed by atoms with E-state index in [0.29, 0.717) is 6.42 Å².